The lowest BCUT2D eigenvalue weighted by atomic mass is 9.59. The normalized spacial score (nSPS) is 26.4. The molecule has 6 aliphatic rings. The number of nitrogens with zero attached hydrogens (tertiary/aromatic N) is 5. The fourth-order valence-electron chi connectivity index (χ4n) is 11.9. The zero-order valence-electron chi connectivity index (χ0n) is 36.7. The number of likely N-dealkylation sites (tertiary alicyclic amines) is 1. The Balaban J connectivity index is 0.787. The van der Waals surface area contributed by atoms with Gasteiger partial charge in [0.05, 0.1) is 28.5 Å². The first-order valence-electron chi connectivity index (χ1n) is 23.3. The quantitative estimate of drug-likeness (QED) is 0.0652. The largest absolute Gasteiger partial charge is 0.455 e. The van der Waals surface area contributed by atoms with Gasteiger partial charge >= 0.3 is 5.69 Å². The SMILES string of the molecule is CC1(O)CCC(CNc2ncc(S(=O)(=O)NC(=O)c3ccc(N4CCC5(CC4)CC(N4CCC6CC64c4ccccc4C4CC4)C5)cc3Oc3cnc4[nH]ccc4c3)cc2[N+](=O)[O-])CC1. The van der Waals surface area contributed by atoms with Crippen LogP contribution in [0.5, 0.6) is 11.5 Å². The van der Waals surface area contributed by atoms with Crippen molar-refractivity contribution in [1.82, 2.24) is 24.6 Å². The number of carbonyl (C=O) groups excluding carboxylic acids is 1. The molecule has 15 nitrogen and oxygen atoms in total. The molecular formula is C49H56N8O7S. The summed E-state index contributed by atoms with van der Waals surface area (Å²) >= 11 is 0. The maximum atomic E-state index is 14.0. The third kappa shape index (κ3) is 7.90. The number of aromatic nitrogens is 3. The number of ether oxygens (including phenoxy) is 1. The average molecular weight is 901 g/mol. The molecule has 1 amide bonds. The van der Waals surface area contributed by atoms with Crippen molar-refractivity contribution >= 4 is 44.2 Å². The summed E-state index contributed by atoms with van der Waals surface area (Å²) in [5.74, 6) is 1.18. The number of anilines is 2. The van der Waals surface area contributed by atoms with E-state index < -0.39 is 37.0 Å². The highest BCUT2D eigenvalue weighted by molar-refractivity contribution is 7.90. The van der Waals surface area contributed by atoms with Gasteiger partial charge in [-0.2, -0.15) is 0 Å². The Morgan fingerprint density at radius 2 is 1.74 bits per heavy atom. The summed E-state index contributed by atoms with van der Waals surface area (Å²) in [6, 6.07) is 19.6. The molecular weight excluding hydrogens is 845 g/mol. The molecule has 6 fully saturated rings. The molecule has 0 radical (unpaired) electrons. The van der Waals surface area contributed by atoms with Crippen molar-refractivity contribution in [1.29, 1.82) is 0 Å². The number of nitro groups is 1. The standard InChI is InChI=1S/C49H56N8O7S/c1-47(59)14-10-31(11-15-47)28-51-45-42(57(60)61)24-38(30-53-45)65(62,63)54-46(58)40-9-8-35(23-43(40)64-37-22-33-12-18-50-44(33)52-29-37)55-20-16-48(17-21-55)26-36(27-48)56-19-13-34-25-49(34,56)41-5-3-2-4-39(41)32-6-7-32/h2-5,8-9,12,18,22-24,29-32,34,36,59H,6-7,10-11,13-17,19-21,25-28H2,1H3,(H,50,52)(H,51,53)(H,54,58). The first-order valence-corrected chi connectivity index (χ1v) is 24.8. The Morgan fingerprint density at radius 1 is 0.954 bits per heavy atom. The summed E-state index contributed by atoms with van der Waals surface area (Å²) in [4.78, 5) is 41.7. The summed E-state index contributed by atoms with van der Waals surface area (Å²) in [5, 5.41) is 26.2. The fraction of sp³-hybridized carbons (Fsp3) is 0.490. The summed E-state index contributed by atoms with van der Waals surface area (Å²) < 4.78 is 35.9. The molecule has 340 valence electrons. The number of carbonyl (C=O) groups is 1. The van der Waals surface area contributed by atoms with Crippen LogP contribution in [0.25, 0.3) is 11.0 Å². The van der Waals surface area contributed by atoms with Gasteiger partial charge in [-0.25, -0.2) is 23.1 Å². The van der Waals surface area contributed by atoms with Crippen LogP contribution in [0.2, 0.25) is 0 Å². The molecule has 2 atom stereocenters. The van der Waals surface area contributed by atoms with Gasteiger partial charge in [0.25, 0.3) is 15.9 Å². The second-order valence-electron chi connectivity index (χ2n) is 20.1. The first kappa shape index (κ1) is 42.1. The predicted octanol–water partition coefficient (Wildman–Crippen LogP) is 8.38. The molecule has 4 saturated carbocycles. The van der Waals surface area contributed by atoms with Crippen molar-refractivity contribution in [2.24, 2.45) is 17.3 Å². The third-order valence-electron chi connectivity index (χ3n) is 15.8. The van der Waals surface area contributed by atoms with Gasteiger partial charge in [-0.1, -0.05) is 24.3 Å². The van der Waals surface area contributed by atoms with Crippen LogP contribution in [-0.2, 0) is 15.6 Å². The maximum absolute atomic E-state index is 14.0. The zero-order valence-corrected chi connectivity index (χ0v) is 37.5. The molecule has 4 N–H and O–H groups in total. The number of rotatable bonds is 13. The van der Waals surface area contributed by atoms with E-state index in [0.29, 0.717) is 42.2 Å². The molecule has 2 unspecified atom stereocenters. The minimum absolute atomic E-state index is 0.0322. The molecule has 1 spiro atoms. The average Bonchev–Trinajstić information content (AvgIpc) is 4.18. The topological polar surface area (TPSA) is 196 Å². The lowest BCUT2D eigenvalue weighted by Crippen LogP contribution is -2.56. The van der Waals surface area contributed by atoms with Crippen molar-refractivity contribution in [3.63, 3.8) is 0 Å². The van der Waals surface area contributed by atoms with Gasteiger partial charge in [0.15, 0.2) is 0 Å². The van der Waals surface area contributed by atoms with E-state index >= 15 is 0 Å². The zero-order chi connectivity index (χ0) is 44.7. The number of piperidine rings is 2. The van der Waals surface area contributed by atoms with Crippen molar-refractivity contribution < 1.29 is 28.0 Å². The van der Waals surface area contributed by atoms with E-state index in [9.17, 15) is 28.4 Å². The molecule has 5 heterocycles. The van der Waals surface area contributed by atoms with E-state index in [-0.39, 0.29) is 28.6 Å². The van der Waals surface area contributed by atoms with Crippen molar-refractivity contribution in [2.75, 3.05) is 36.4 Å². The number of pyridine rings is 2. The minimum atomic E-state index is -4.62. The van der Waals surface area contributed by atoms with Crippen LogP contribution in [0.3, 0.4) is 0 Å². The molecule has 2 aromatic carbocycles. The Morgan fingerprint density at radius 3 is 2.49 bits per heavy atom. The number of aromatic amines is 1. The van der Waals surface area contributed by atoms with Gasteiger partial charge in [0.2, 0.25) is 5.82 Å². The van der Waals surface area contributed by atoms with Crippen LogP contribution in [0.4, 0.5) is 17.2 Å². The number of H-pyrrole nitrogens is 1. The minimum Gasteiger partial charge on any atom is -0.455 e. The van der Waals surface area contributed by atoms with Gasteiger partial charge in [-0.05, 0) is 149 Å². The molecule has 2 aliphatic heterocycles. The molecule has 0 bridgehead atoms. The number of fused-ring (bicyclic) bond motifs is 2. The van der Waals surface area contributed by atoms with Gasteiger partial charge in [0, 0.05) is 60.6 Å². The molecule has 3 aromatic heterocycles. The number of amides is 1. The van der Waals surface area contributed by atoms with Gasteiger partial charge < -0.3 is 25.0 Å². The van der Waals surface area contributed by atoms with Crippen molar-refractivity contribution in [3.8, 4) is 11.5 Å². The number of sulfonamides is 1. The third-order valence-corrected chi connectivity index (χ3v) is 17.1. The van der Waals surface area contributed by atoms with Crippen molar-refractivity contribution in [3.05, 3.63) is 106 Å². The van der Waals surface area contributed by atoms with Gasteiger partial charge in [-0.3, -0.25) is 19.8 Å². The van der Waals surface area contributed by atoms with Crippen LogP contribution in [-0.4, -0.2) is 82.0 Å². The Kier molecular flexibility index (Phi) is 10.2. The second-order valence-corrected chi connectivity index (χ2v) is 21.8. The molecule has 11 rings (SSSR count). The van der Waals surface area contributed by atoms with Gasteiger partial charge in [0.1, 0.15) is 22.0 Å². The number of hydrogen-bond acceptors (Lipinski definition) is 12. The van der Waals surface area contributed by atoms with Crippen LogP contribution in [0.1, 0.15) is 111 Å². The highest BCUT2D eigenvalue weighted by Gasteiger charge is 2.67. The van der Waals surface area contributed by atoms with Crippen LogP contribution >= 0.6 is 0 Å². The van der Waals surface area contributed by atoms with Gasteiger partial charge in [-0.15, -0.1) is 0 Å². The highest BCUT2D eigenvalue weighted by Crippen LogP contribution is 2.67. The molecule has 5 aromatic rings. The number of benzene rings is 2. The Bertz CT molecular complexity index is 2780. The Hall–Kier alpha value is -5.58. The summed E-state index contributed by atoms with van der Waals surface area (Å²) in [6.45, 7) is 5.08. The first-order chi connectivity index (χ1) is 31.3. The monoisotopic (exact) mass is 900 g/mol. The van der Waals surface area contributed by atoms with Crippen molar-refractivity contribution in [2.45, 2.75) is 112 Å². The highest BCUT2D eigenvalue weighted by atomic mass is 32.2. The number of hydrogen-bond donors (Lipinski definition) is 4. The molecule has 16 heteroatoms. The van der Waals surface area contributed by atoms with E-state index in [2.05, 4.69) is 59.1 Å². The lowest BCUT2D eigenvalue weighted by molar-refractivity contribution is -0.384. The molecule has 65 heavy (non-hydrogen) atoms. The van der Waals surface area contributed by atoms with E-state index in [1.165, 1.54) is 45.1 Å². The van der Waals surface area contributed by atoms with Crippen LogP contribution in [0.15, 0.2) is 84.1 Å². The molecule has 2 saturated heterocycles. The maximum Gasteiger partial charge on any atom is 0.312 e. The number of aliphatic hydroxyl groups is 1. The lowest BCUT2D eigenvalue weighted by Gasteiger charge is -2.56. The van der Waals surface area contributed by atoms with E-state index in [4.69, 9.17) is 4.74 Å². The van der Waals surface area contributed by atoms with Crippen LogP contribution in [0, 0.1) is 27.4 Å². The van der Waals surface area contributed by atoms with E-state index in [0.717, 1.165) is 73.9 Å². The second kappa shape index (κ2) is 15.8. The summed E-state index contributed by atoms with van der Waals surface area (Å²) in [5.41, 5.74) is 4.02. The summed E-state index contributed by atoms with van der Waals surface area (Å²) in [7, 11) is -4.62. The summed E-state index contributed by atoms with van der Waals surface area (Å²) in [6.07, 6.45) is 16.9. The predicted molar refractivity (Wildman–Crippen MR) is 246 cm³/mol. The Labute approximate surface area is 378 Å². The van der Waals surface area contributed by atoms with E-state index in [1.54, 1.807) is 48.6 Å². The number of nitrogens with one attached hydrogen (secondary N) is 3. The van der Waals surface area contributed by atoms with Crippen LogP contribution < -0.4 is 19.7 Å². The molecule has 4 aliphatic carbocycles. The smallest absolute Gasteiger partial charge is 0.312 e. The van der Waals surface area contributed by atoms with E-state index in [1.807, 2.05) is 12.1 Å². The fourth-order valence-corrected chi connectivity index (χ4v) is 12.8.